The van der Waals surface area contributed by atoms with Crippen molar-refractivity contribution in [3.63, 3.8) is 0 Å². The van der Waals surface area contributed by atoms with Crippen molar-refractivity contribution in [2.75, 3.05) is 11.9 Å². The van der Waals surface area contributed by atoms with E-state index < -0.39 is 24.3 Å². The number of anilines is 1. The summed E-state index contributed by atoms with van der Waals surface area (Å²) in [4.78, 5) is 35.2. The minimum atomic E-state index is -1.05. The second-order valence-corrected chi connectivity index (χ2v) is 5.19. The average molecular weight is 311 g/mol. The number of benzene rings is 2. The third-order valence-electron chi connectivity index (χ3n) is 3.17. The first kappa shape index (κ1) is 16.4. The van der Waals surface area contributed by atoms with Crippen LogP contribution in [0.5, 0.6) is 0 Å². The van der Waals surface area contributed by atoms with Crippen LogP contribution in [0.25, 0.3) is 0 Å². The molecule has 1 amide bonds. The SMILES string of the molecule is Cc1ccc(NC(=O)COC(=O)C(=O)c2ccc(C)cc2)cc1. The highest BCUT2D eigenvalue weighted by Crippen LogP contribution is 2.08. The summed E-state index contributed by atoms with van der Waals surface area (Å²) in [5, 5.41) is 2.58. The molecule has 118 valence electrons. The molecule has 23 heavy (non-hydrogen) atoms. The molecule has 2 aromatic carbocycles. The van der Waals surface area contributed by atoms with Gasteiger partial charge in [-0.05, 0) is 26.0 Å². The Labute approximate surface area is 134 Å². The normalized spacial score (nSPS) is 10.0. The zero-order chi connectivity index (χ0) is 16.8. The zero-order valence-electron chi connectivity index (χ0n) is 13.0. The Morgan fingerprint density at radius 1 is 0.870 bits per heavy atom. The van der Waals surface area contributed by atoms with Crippen molar-refractivity contribution in [2.24, 2.45) is 0 Å². The lowest BCUT2D eigenvalue weighted by Crippen LogP contribution is -2.25. The highest BCUT2D eigenvalue weighted by atomic mass is 16.5. The summed E-state index contributed by atoms with van der Waals surface area (Å²) >= 11 is 0. The lowest BCUT2D eigenvalue weighted by atomic mass is 10.1. The van der Waals surface area contributed by atoms with Crippen molar-refractivity contribution in [2.45, 2.75) is 13.8 Å². The van der Waals surface area contributed by atoms with Gasteiger partial charge < -0.3 is 10.1 Å². The Bertz CT molecular complexity index is 718. The molecule has 2 rings (SSSR count). The topological polar surface area (TPSA) is 72.5 Å². The molecule has 0 aliphatic carbocycles. The van der Waals surface area contributed by atoms with Crippen LogP contribution in [0.1, 0.15) is 21.5 Å². The van der Waals surface area contributed by atoms with Crippen LogP contribution in [-0.4, -0.2) is 24.3 Å². The molecule has 0 radical (unpaired) electrons. The summed E-state index contributed by atoms with van der Waals surface area (Å²) in [6, 6.07) is 13.7. The van der Waals surface area contributed by atoms with Crippen LogP contribution in [0.2, 0.25) is 0 Å². The maximum absolute atomic E-state index is 11.9. The monoisotopic (exact) mass is 311 g/mol. The van der Waals surface area contributed by atoms with E-state index in [1.807, 2.05) is 26.0 Å². The number of carbonyl (C=O) groups is 3. The van der Waals surface area contributed by atoms with Gasteiger partial charge in [-0.15, -0.1) is 0 Å². The van der Waals surface area contributed by atoms with Crippen molar-refractivity contribution in [1.82, 2.24) is 0 Å². The molecule has 0 saturated carbocycles. The quantitative estimate of drug-likeness (QED) is 0.523. The predicted molar refractivity (Wildman–Crippen MR) is 86.3 cm³/mol. The van der Waals surface area contributed by atoms with E-state index in [1.165, 1.54) is 0 Å². The van der Waals surface area contributed by atoms with Gasteiger partial charge in [0.15, 0.2) is 6.61 Å². The average Bonchev–Trinajstić information content (AvgIpc) is 2.55. The molecule has 0 unspecified atom stereocenters. The molecule has 5 heteroatoms. The Kier molecular flexibility index (Phi) is 5.25. The van der Waals surface area contributed by atoms with Gasteiger partial charge in [0.25, 0.3) is 11.7 Å². The van der Waals surface area contributed by atoms with Crippen molar-refractivity contribution >= 4 is 23.3 Å². The van der Waals surface area contributed by atoms with Gasteiger partial charge in [-0.3, -0.25) is 9.59 Å². The van der Waals surface area contributed by atoms with E-state index in [-0.39, 0.29) is 5.56 Å². The number of nitrogens with one attached hydrogen (secondary N) is 1. The number of amides is 1. The minimum Gasteiger partial charge on any atom is -0.450 e. The van der Waals surface area contributed by atoms with Crippen molar-refractivity contribution < 1.29 is 19.1 Å². The van der Waals surface area contributed by atoms with Gasteiger partial charge in [0, 0.05) is 11.3 Å². The molecule has 0 spiro atoms. The molecular weight excluding hydrogens is 294 g/mol. The fourth-order valence-corrected chi connectivity index (χ4v) is 1.85. The van der Waals surface area contributed by atoms with Gasteiger partial charge in [0.1, 0.15) is 0 Å². The molecule has 5 nitrogen and oxygen atoms in total. The fourth-order valence-electron chi connectivity index (χ4n) is 1.85. The number of carbonyl (C=O) groups excluding carboxylic acids is 3. The van der Waals surface area contributed by atoms with Crippen LogP contribution in [0.4, 0.5) is 5.69 Å². The molecule has 2 aromatic rings. The number of rotatable bonds is 5. The van der Waals surface area contributed by atoms with E-state index in [0.717, 1.165) is 11.1 Å². The minimum absolute atomic E-state index is 0.236. The number of hydrogen-bond acceptors (Lipinski definition) is 4. The molecule has 0 fully saturated rings. The van der Waals surface area contributed by atoms with Gasteiger partial charge in [-0.2, -0.15) is 0 Å². The summed E-state index contributed by atoms with van der Waals surface area (Å²) in [5.74, 6) is -2.32. The number of ether oxygens (including phenoxy) is 1. The third-order valence-corrected chi connectivity index (χ3v) is 3.17. The Morgan fingerprint density at radius 3 is 1.96 bits per heavy atom. The molecule has 0 aliphatic heterocycles. The number of esters is 1. The van der Waals surface area contributed by atoms with Crippen LogP contribution in [0, 0.1) is 13.8 Å². The molecule has 0 saturated heterocycles. The lowest BCUT2D eigenvalue weighted by Gasteiger charge is -2.06. The van der Waals surface area contributed by atoms with E-state index in [9.17, 15) is 14.4 Å². The Balaban J connectivity index is 1.85. The largest absolute Gasteiger partial charge is 0.450 e. The lowest BCUT2D eigenvalue weighted by molar-refractivity contribution is -0.142. The Morgan fingerprint density at radius 2 is 1.39 bits per heavy atom. The van der Waals surface area contributed by atoms with E-state index in [0.29, 0.717) is 5.69 Å². The highest BCUT2D eigenvalue weighted by Gasteiger charge is 2.18. The summed E-state index contributed by atoms with van der Waals surface area (Å²) in [7, 11) is 0. The Hall–Kier alpha value is -2.95. The summed E-state index contributed by atoms with van der Waals surface area (Å²) in [6.07, 6.45) is 0. The van der Waals surface area contributed by atoms with Crippen LogP contribution >= 0.6 is 0 Å². The van der Waals surface area contributed by atoms with Gasteiger partial charge in [-0.1, -0.05) is 47.5 Å². The van der Waals surface area contributed by atoms with E-state index >= 15 is 0 Å². The summed E-state index contributed by atoms with van der Waals surface area (Å²) < 4.78 is 4.75. The maximum atomic E-state index is 11.9. The van der Waals surface area contributed by atoms with Gasteiger partial charge >= 0.3 is 5.97 Å². The van der Waals surface area contributed by atoms with Gasteiger partial charge in [0.2, 0.25) is 0 Å². The molecule has 0 aliphatic rings. The van der Waals surface area contributed by atoms with Crippen LogP contribution in [-0.2, 0) is 14.3 Å². The molecule has 0 bridgehead atoms. The van der Waals surface area contributed by atoms with Crippen LogP contribution in [0.15, 0.2) is 48.5 Å². The zero-order valence-corrected chi connectivity index (χ0v) is 13.0. The molecular formula is C18H17NO4. The second-order valence-electron chi connectivity index (χ2n) is 5.19. The smallest absolute Gasteiger partial charge is 0.380 e. The van der Waals surface area contributed by atoms with E-state index in [2.05, 4.69) is 5.32 Å². The van der Waals surface area contributed by atoms with Gasteiger partial charge in [-0.25, -0.2) is 4.79 Å². The maximum Gasteiger partial charge on any atom is 0.380 e. The van der Waals surface area contributed by atoms with Crippen LogP contribution in [0.3, 0.4) is 0 Å². The first-order valence-electron chi connectivity index (χ1n) is 7.10. The first-order chi connectivity index (χ1) is 11.0. The standard InChI is InChI=1S/C18H17NO4/c1-12-3-7-14(8-4-12)17(21)18(22)23-11-16(20)19-15-9-5-13(2)6-10-15/h3-10H,11H2,1-2H3,(H,19,20). The second kappa shape index (κ2) is 7.35. The highest BCUT2D eigenvalue weighted by molar-refractivity contribution is 6.40. The summed E-state index contributed by atoms with van der Waals surface area (Å²) in [5.41, 5.74) is 2.88. The van der Waals surface area contributed by atoms with Crippen molar-refractivity contribution in [3.8, 4) is 0 Å². The number of aryl methyl sites for hydroxylation is 2. The third kappa shape index (κ3) is 4.78. The summed E-state index contributed by atoms with van der Waals surface area (Å²) in [6.45, 7) is 3.30. The van der Waals surface area contributed by atoms with Crippen molar-refractivity contribution in [3.05, 3.63) is 65.2 Å². The molecule has 0 atom stereocenters. The number of ketones is 1. The number of hydrogen-bond donors (Lipinski definition) is 1. The van der Waals surface area contributed by atoms with Crippen molar-refractivity contribution in [1.29, 1.82) is 0 Å². The molecule has 1 N–H and O–H groups in total. The van der Waals surface area contributed by atoms with Gasteiger partial charge in [0.05, 0.1) is 0 Å². The van der Waals surface area contributed by atoms with E-state index in [1.54, 1.807) is 36.4 Å². The predicted octanol–water partition coefficient (Wildman–Crippen LogP) is 2.67. The van der Waals surface area contributed by atoms with Crippen LogP contribution < -0.4 is 5.32 Å². The fraction of sp³-hybridized carbons (Fsp3) is 0.167. The van der Waals surface area contributed by atoms with E-state index in [4.69, 9.17) is 4.74 Å². The molecule has 0 heterocycles. The first-order valence-corrected chi connectivity index (χ1v) is 7.10. The molecule has 0 aromatic heterocycles. The number of Topliss-reactive ketones (excluding diaryl/α,β-unsaturated/α-hetero) is 1.